The van der Waals surface area contributed by atoms with Gasteiger partial charge in [-0.1, -0.05) is 12.1 Å². The average Bonchev–Trinajstić information content (AvgIpc) is 2.91. The minimum atomic E-state index is -0.683. The molecule has 0 radical (unpaired) electrons. The van der Waals surface area contributed by atoms with Gasteiger partial charge in [-0.2, -0.15) is 5.10 Å². The molecule has 5 nitrogen and oxygen atoms in total. The lowest BCUT2D eigenvalue weighted by molar-refractivity contribution is 0.160. The summed E-state index contributed by atoms with van der Waals surface area (Å²) >= 11 is 0. The monoisotopic (exact) mass is 290 g/mol. The fourth-order valence-corrected chi connectivity index (χ4v) is 2.36. The fourth-order valence-electron chi connectivity index (χ4n) is 2.36. The predicted octanol–water partition coefficient (Wildman–Crippen LogP) is 2.76. The Bertz CT molecular complexity index is 593. The third kappa shape index (κ3) is 3.36. The van der Waals surface area contributed by atoms with Gasteiger partial charge in [0.05, 0.1) is 20.4 Å². The number of aliphatic hydroxyl groups excluding tert-OH is 1. The minimum absolute atomic E-state index is 0.156. The number of methoxy groups -OCH3 is 2. The van der Waals surface area contributed by atoms with Crippen molar-refractivity contribution in [3.05, 3.63) is 41.7 Å². The average molecular weight is 290 g/mol. The van der Waals surface area contributed by atoms with Gasteiger partial charge in [-0.25, -0.2) is 0 Å². The molecule has 0 saturated heterocycles. The molecule has 0 aliphatic rings. The summed E-state index contributed by atoms with van der Waals surface area (Å²) in [5.74, 6) is 1.39. The Hall–Kier alpha value is -2.01. The lowest BCUT2D eigenvalue weighted by Crippen LogP contribution is -2.13. The van der Waals surface area contributed by atoms with Crippen molar-refractivity contribution in [2.75, 3.05) is 14.2 Å². The molecule has 1 aromatic heterocycles. The number of rotatable bonds is 6. The van der Waals surface area contributed by atoms with Gasteiger partial charge in [0.15, 0.2) is 5.75 Å². The maximum Gasteiger partial charge on any atom is 0.162 e. The van der Waals surface area contributed by atoms with Gasteiger partial charge < -0.3 is 14.6 Å². The van der Waals surface area contributed by atoms with Crippen molar-refractivity contribution >= 4 is 0 Å². The van der Waals surface area contributed by atoms with Gasteiger partial charge in [0.2, 0.25) is 0 Å². The molecular formula is C16H22N2O3. The van der Waals surface area contributed by atoms with Crippen molar-refractivity contribution in [1.29, 1.82) is 0 Å². The molecule has 0 amide bonds. The summed E-state index contributed by atoms with van der Waals surface area (Å²) in [4.78, 5) is 0. The third-order valence-corrected chi connectivity index (χ3v) is 3.39. The topological polar surface area (TPSA) is 56.5 Å². The van der Waals surface area contributed by atoms with Gasteiger partial charge in [-0.3, -0.25) is 4.68 Å². The molecule has 1 unspecified atom stereocenters. The predicted molar refractivity (Wildman–Crippen MR) is 80.8 cm³/mol. The van der Waals surface area contributed by atoms with E-state index >= 15 is 0 Å². The highest BCUT2D eigenvalue weighted by Gasteiger charge is 2.21. The number of hydrogen-bond acceptors (Lipinski definition) is 4. The molecule has 0 saturated carbocycles. The zero-order chi connectivity index (χ0) is 15.4. The van der Waals surface area contributed by atoms with E-state index in [-0.39, 0.29) is 6.04 Å². The number of ether oxygens (including phenoxy) is 2. The number of benzene rings is 1. The Balaban J connectivity index is 2.27. The second-order valence-electron chi connectivity index (χ2n) is 5.21. The van der Waals surface area contributed by atoms with Crippen molar-refractivity contribution in [1.82, 2.24) is 9.78 Å². The molecular weight excluding hydrogens is 268 g/mol. The Morgan fingerprint density at radius 2 is 2.00 bits per heavy atom. The summed E-state index contributed by atoms with van der Waals surface area (Å²) in [6.07, 6.45) is 1.44. The molecule has 0 aliphatic heterocycles. The standard InChI is InChI=1S/C16H22N2O3/c1-11(2)18-16(15(21-4)10-17-18)14(19)9-12-6-5-7-13(8-12)20-3/h5-8,10-11,14,19H,9H2,1-4H3. The highest BCUT2D eigenvalue weighted by Crippen LogP contribution is 2.30. The molecule has 1 heterocycles. The zero-order valence-corrected chi connectivity index (χ0v) is 12.9. The fraction of sp³-hybridized carbons (Fsp3) is 0.438. The van der Waals surface area contributed by atoms with Crippen LogP contribution in [0.15, 0.2) is 30.5 Å². The number of aliphatic hydroxyl groups is 1. The molecule has 0 bridgehead atoms. The second-order valence-corrected chi connectivity index (χ2v) is 5.21. The molecule has 2 aromatic rings. The van der Waals surface area contributed by atoms with E-state index in [1.165, 1.54) is 0 Å². The van der Waals surface area contributed by atoms with Crippen LogP contribution in [0.5, 0.6) is 11.5 Å². The van der Waals surface area contributed by atoms with E-state index in [1.807, 2.05) is 38.1 Å². The second kappa shape index (κ2) is 6.63. The number of hydrogen-bond donors (Lipinski definition) is 1. The third-order valence-electron chi connectivity index (χ3n) is 3.39. The van der Waals surface area contributed by atoms with E-state index in [4.69, 9.17) is 9.47 Å². The van der Waals surface area contributed by atoms with Crippen molar-refractivity contribution in [3.63, 3.8) is 0 Å². The maximum absolute atomic E-state index is 10.6. The first-order valence-corrected chi connectivity index (χ1v) is 6.99. The maximum atomic E-state index is 10.6. The highest BCUT2D eigenvalue weighted by atomic mass is 16.5. The van der Waals surface area contributed by atoms with Gasteiger partial charge in [0, 0.05) is 12.5 Å². The van der Waals surface area contributed by atoms with Crippen LogP contribution in [-0.4, -0.2) is 29.1 Å². The van der Waals surface area contributed by atoms with E-state index in [2.05, 4.69) is 5.10 Å². The molecule has 1 atom stereocenters. The normalized spacial score (nSPS) is 12.5. The first-order valence-electron chi connectivity index (χ1n) is 6.99. The molecule has 114 valence electrons. The van der Waals surface area contributed by atoms with Crippen LogP contribution in [0.4, 0.5) is 0 Å². The minimum Gasteiger partial charge on any atom is -0.497 e. The Morgan fingerprint density at radius 3 is 2.62 bits per heavy atom. The van der Waals surface area contributed by atoms with Gasteiger partial charge >= 0.3 is 0 Å². The quantitative estimate of drug-likeness (QED) is 0.888. The van der Waals surface area contributed by atoms with Crippen LogP contribution in [0.1, 0.15) is 37.3 Å². The smallest absolute Gasteiger partial charge is 0.162 e. The molecule has 1 N–H and O–H groups in total. The summed E-state index contributed by atoms with van der Waals surface area (Å²) in [5, 5.41) is 14.9. The molecule has 0 aliphatic carbocycles. The highest BCUT2D eigenvalue weighted by molar-refractivity contribution is 5.32. The summed E-state index contributed by atoms with van der Waals surface area (Å²) in [6, 6.07) is 7.84. The van der Waals surface area contributed by atoms with Crippen molar-refractivity contribution in [2.45, 2.75) is 32.4 Å². The lowest BCUT2D eigenvalue weighted by Gasteiger charge is -2.17. The summed E-state index contributed by atoms with van der Waals surface area (Å²) < 4.78 is 12.3. The summed E-state index contributed by atoms with van der Waals surface area (Å²) in [7, 11) is 3.22. The van der Waals surface area contributed by atoms with Crippen LogP contribution in [0.2, 0.25) is 0 Å². The molecule has 21 heavy (non-hydrogen) atoms. The van der Waals surface area contributed by atoms with Crippen LogP contribution in [0, 0.1) is 0 Å². The summed E-state index contributed by atoms with van der Waals surface area (Å²) in [5.41, 5.74) is 1.70. The van der Waals surface area contributed by atoms with Gasteiger partial charge in [-0.05, 0) is 31.5 Å². The number of aromatic nitrogens is 2. The van der Waals surface area contributed by atoms with E-state index in [1.54, 1.807) is 25.1 Å². The van der Waals surface area contributed by atoms with E-state index in [0.29, 0.717) is 17.9 Å². The Kier molecular flexibility index (Phi) is 4.85. The SMILES string of the molecule is COc1cccc(CC(O)c2c(OC)cnn2C(C)C)c1. The van der Waals surface area contributed by atoms with E-state index in [9.17, 15) is 5.11 Å². The Labute approximate surface area is 125 Å². The first kappa shape index (κ1) is 15.4. The largest absolute Gasteiger partial charge is 0.497 e. The lowest BCUT2D eigenvalue weighted by atomic mass is 10.0. The van der Waals surface area contributed by atoms with Gasteiger partial charge in [-0.15, -0.1) is 0 Å². The Morgan fingerprint density at radius 1 is 1.24 bits per heavy atom. The molecule has 1 aromatic carbocycles. The van der Waals surface area contributed by atoms with Crippen LogP contribution >= 0.6 is 0 Å². The van der Waals surface area contributed by atoms with Crippen molar-refractivity contribution in [2.24, 2.45) is 0 Å². The molecule has 0 spiro atoms. The van der Waals surface area contributed by atoms with Crippen LogP contribution < -0.4 is 9.47 Å². The molecule has 2 rings (SSSR count). The van der Waals surface area contributed by atoms with Crippen molar-refractivity contribution < 1.29 is 14.6 Å². The van der Waals surface area contributed by atoms with Crippen LogP contribution in [-0.2, 0) is 6.42 Å². The van der Waals surface area contributed by atoms with Gasteiger partial charge in [0.25, 0.3) is 0 Å². The molecule has 0 fully saturated rings. The van der Waals surface area contributed by atoms with Crippen LogP contribution in [0.25, 0.3) is 0 Å². The first-order chi connectivity index (χ1) is 10.1. The van der Waals surface area contributed by atoms with E-state index in [0.717, 1.165) is 11.3 Å². The zero-order valence-electron chi connectivity index (χ0n) is 12.9. The van der Waals surface area contributed by atoms with Crippen molar-refractivity contribution in [3.8, 4) is 11.5 Å². The molecule has 5 heteroatoms. The number of nitrogens with zero attached hydrogens (tertiary/aromatic N) is 2. The van der Waals surface area contributed by atoms with Gasteiger partial charge in [0.1, 0.15) is 17.5 Å². The summed E-state index contributed by atoms with van der Waals surface area (Å²) in [6.45, 7) is 4.04. The van der Waals surface area contributed by atoms with E-state index < -0.39 is 6.10 Å². The van der Waals surface area contributed by atoms with Crippen LogP contribution in [0.3, 0.4) is 0 Å².